The van der Waals surface area contributed by atoms with Gasteiger partial charge in [0.1, 0.15) is 11.6 Å². The van der Waals surface area contributed by atoms with Crippen molar-refractivity contribution in [1.82, 2.24) is 0 Å². The van der Waals surface area contributed by atoms with Gasteiger partial charge in [0.2, 0.25) is 0 Å². The van der Waals surface area contributed by atoms with Gasteiger partial charge in [-0.3, -0.25) is 0 Å². The van der Waals surface area contributed by atoms with Crippen molar-refractivity contribution in [1.29, 1.82) is 0 Å². The summed E-state index contributed by atoms with van der Waals surface area (Å²) in [4.78, 5) is 0. The highest BCUT2D eigenvalue weighted by molar-refractivity contribution is 5.72. The van der Waals surface area contributed by atoms with Crippen molar-refractivity contribution in [2.75, 3.05) is 0 Å². The van der Waals surface area contributed by atoms with Crippen LogP contribution in [0.1, 0.15) is 37.3 Å². The van der Waals surface area contributed by atoms with Gasteiger partial charge in [-0.05, 0) is 71.5 Å². The van der Waals surface area contributed by atoms with Crippen molar-refractivity contribution in [2.24, 2.45) is 0 Å². The predicted octanol–water partition coefficient (Wildman–Crippen LogP) is 11.4. The van der Waals surface area contributed by atoms with E-state index < -0.39 is 52.1 Å². The van der Waals surface area contributed by atoms with Crippen molar-refractivity contribution < 1.29 is 39.9 Å². The van der Waals surface area contributed by atoms with Crippen molar-refractivity contribution in [2.45, 2.75) is 38.7 Å². The fourth-order valence-corrected chi connectivity index (χ4v) is 4.98. The van der Waals surface area contributed by atoms with Crippen LogP contribution in [-0.4, -0.2) is 0 Å². The molecule has 1 nitrogen and oxygen atoms in total. The SMILES string of the molecule is CCCCCc1ccc(-c2ccc(-c3ccc(OC(F)(F)c4ccc(-c5cc(F)c(F)c(F)c5)c(F)c4)cc3)c(F)c2F)cc1. The first-order valence-corrected chi connectivity index (χ1v) is 14.2. The Morgan fingerprint density at radius 1 is 0.533 bits per heavy atom. The number of ether oxygens (including phenoxy) is 1. The molecule has 0 aromatic heterocycles. The molecule has 0 heterocycles. The van der Waals surface area contributed by atoms with Crippen LogP contribution in [0.15, 0.2) is 91.0 Å². The predicted molar refractivity (Wildman–Crippen MR) is 157 cm³/mol. The first kappa shape index (κ1) is 31.8. The molecule has 0 saturated heterocycles. The minimum Gasteiger partial charge on any atom is -0.429 e. The lowest BCUT2D eigenvalue weighted by atomic mass is 9.97. The molecule has 5 aromatic carbocycles. The smallest absolute Gasteiger partial charge is 0.426 e. The summed E-state index contributed by atoms with van der Waals surface area (Å²) in [7, 11) is 0. The van der Waals surface area contributed by atoms with Crippen molar-refractivity contribution in [3.63, 3.8) is 0 Å². The summed E-state index contributed by atoms with van der Waals surface area (Å²) in [6, 6.07) is 18.1. The van der Waals surface area contributed by atoms with Crippen LogP contribution in [0, 0.1) is 34.9 Å². The van der Waals surface area contributed by atoms with E-state index in [0.29, 0.717) is 23.8 Å². The summed E-state index contributed by atoms with van der Waals surface area (Å²) in [5.74, 6) is -8.62. The van der Waals surface area contributed by atoms with E-state index in [4.69, 9.17) is 4.74 Å². The van der Waals surface area contributed by atoms with Gasteiger partial charge in [-0.15, -0.1) is 0 Å². The molecule has 0 N–H and O–H groups in total. The molecule has 5 rings (SSSR count). The number of halogens is 8. The number of alkyl halides is 2. The molecular weight excluding hydrogens is 600 g/mol. The lowest BCUT2D eigenvalue weighted by Crippen LogP contribution is -2.22. The molecule has 5 aromatic rings. The molecule has 232 valence electrons. The zero-order chi connectivity index (χ0) is 32.3. The molecule has 0 aliphatic rings. The molecule has 0 fully saturated rings. The summed E-state index contributed by atoms with van der Waals surface area (Å²) in [5, 5.41) is 0. The van der Waals surface area contributed by atoms with E-state index in [9.17, 15) is 26.3 Å². The summed E-state index contributed by atoms with van der Waals surface area (Å²) >= 11 is 0. The molecule has 0 saturated carbocycles. The Bertz CT molecular complexity index is 1790. The molecule has 0 bridgehead atoms. The Kier molecular flexibility index (Phi) is 9.27. The summed E-state index contributed by atoms with van der Waals surface area (Å²) in [5.41, 5.74) is 0.102. The average Bonchev–Trinajstić information content (AvgIpc) is 3.02. The van der Waals surface area contributed by atoms with Gasteiger partial charge >= 0.3 is 6.11 Å². The van der Waals surface area contributed by atoms with E-state index in [1.807, 2.05) is 12.1 Å². The monoisotopic (exact) mass is 626 g/mol. The van der Waals surface area contributed by atoms with Gasteiger partial charge < -0.3 is 4.74 Å². The number of aryl methyl sites for hydroxylation is 1. The van der Waals surface area contributed by atoms with Crippen LogP contribution in [0.25, 0.3) is 33.4 Å². The van der Waals surface area contributed by atoms with E-state index in [0.717, 1.165) is 55.5 Å². The highest BCUT2D eigenvalue weighted by Gasteiger charge is 2.35. The third kappa shape index (κ3) is 6.87. The third-order valence-corrected chi connectivity index (χ3v) is 7.43. The van der Waals surface area contributed by atoms with Crippen LogP contribution in [0.3, 0.4) is 0 Å². The number of rotatable bonds is 10. The van der Waals surface area contributed by atoms with E-state index in [1.165, 1.54) is 24.3 Å². The Labute approximate surface area is 254 Å². The zero-order valence-electron chi connectivity index (χ0n) is 23.9. The molecule has 0 aliphatic carbocycles. The normalized spacial score (nSPS) is 11.6. The number of hydrogen-bond donors (Lipinski definition) is 0. The maximum atomic E-state index is 15.1. The van der Waals surface area contributed by atoms with Crippen molar-refractivity contribution in [3.05, 3.63) is 137 Å². The zero-order valence-corrected chi connectivity index (χ0v) is 23.9. The molecule has 45 heavy (non-hydrogen) atoms. The molecule has 0 atom stereocenters. The van der Waals surface area contributed by atoms with Gasteiger partial charge in [-0.1, -0.05) is 74.4 Å². The summed E-state index contributed by atoms with van der Waals surface area (Å²) < 4.78 is 120. The van der Waals surface area contributed by atoms with Crippen molar-refractivity contribution in [3.8, 4) is 39.1 Å². The van der Waals surface area contributed by atoms with Gasteiger partial charge in [0.15, 0.2) is 29.1 Å². The molecule has 0 radical (unpaired) electrons. The van der Waals surface area contributed by atoms with Crippen molar-refractivity contribution >= 4 is 0 Å². The maximum absolute atomic E-state index is 15.1. The molecule has 0 aliphatic heterocycles. The second-order valence-electron chi connectivity index (χ2n) is 10.5. The molecule has 0 amide bonds. The van der Waals surface area contributed by atoms with Crippen LogP contribution in [0.4, 0.5) is 35.1 Å². The minimum atomic E-state index is -4.05. The number of hydrogen-bond acceptors (Lipinski definition) is 1. The number of unbranched alkanes of at least 4 members (excludes halogenated alkanes) is 2. The first-order valence-electron chi connectivity index (χ1n) is 14.2. The van der Waals surface area contributed by atoms with Gasteiger partial charge in [-0.2, -0.15) is 8.78 Å². The van der Waals surface area contributed by atoms with E-state index in [1.54, 1.807) is 12.1 Å². The van der Waals surface area contributed by atoms with E-state index in [-0.39, 0.29) is 28.0 Å². The summed E-state index contributed by atoms with van der Waals surface area (Å²) in [6.07, 6.45) is 0.113. The number of benzene rings is 5. The highest BCUT2D eigenvalue weighted by atomic mass is 19.3. The molecule has 0 unspecified atom stereocenters. The molecule has 0 spiro atoms. The standard InChI is InChI=1S/C36H26F8O/c1-2-3-4-5-21-6-8-22(9-7-21)28-16-17-29(34(41)33(28)40)23-10-13-26(14-11-23)45-36(43,44)25-12-15-27(30(37)20-25)24-18-31(38)35(42)32(39)19-24/h6-20H,2-5H2,1H3. The van der Waals surface area contributed by atoms with E-state index in [2.05, 4.69) is 6.92 Å². The van der Waals surface area contributed by atoms with E-state index >= 15 is 8.78 Å². The topological polar surface area (TPSA) is 9.23 Å². The molecule has 9 heteroatoms. The fourth-order valence-electron chi connectivity index (χ4n) is 4.98. The second kappa shape index (κ2) is 13.1. The second-order valence-corrected chi connectivity index (χ2v) is 10.5. The first-order chi connectivity index (χ1) is 21.5. The van der Waals surface area contributed by atoms with Gasteiger partial charge in [-0.25, -0.2) is 26.3 Å². The van der Waals surface area contributed by atoms with Gasteiger partial charge in [0, 0.05) is 16.7 Å². The van der Waals surface area contributed by atoms with Crippen LogP contribution < -0.4 is 4.74 Å². The summed E-state index contributed by atoms with van der Waals surface area (Å²) in [6.45, 7) is 2.12. The minimum absolute atomic E-state index is 0.0860. The van der Waals surface area contributed by atoms with Crippen LogP contribution >= 0.6 is 0 Å². The largest absolute Gasteiger partial charge is 0.429 e. The van der Waals surface area contributed by atoms with Gasteiger partial charge in [0.05, 0.1) is 5.56 Å². The third-order valence-electron chi connectivity index (χ3n) is 7.43. The molecular formula is C36H26F8O. The maximum Gasteiger partial charge on any atom is 0.426 e. The van der Waals surface area contributed by atoms with Gasteiger partial charge in [0.25, 0.3) is 0 Å². The Balaban J connectivity index is 1.31. The quantitative estimate of drug-likeness (QED) is 0.0852. The van der Waals surface area contributed by atoms with Crippen LogP contribution in [-0.2, 0) is 12.5 Å². The fraction of sp³-hybridized carbons (Fsp3) is 0.167. The van der Waals surface area contributed by atoms with Crippen LogP contribution in [0.5, 0.6) is 5.75 Å². The lowest BCUT2D eigenvalue weighted by Gasteiger charge is -2.19. The Morgan fingerprint density at radius 2 is 1.07 bits per heavy atom. The lowest BCUT2D eigenvalue weighted by molar-refractivity contribution is -0.185. The highest BCUT2D eigenvalue weighted by Crippen LogP contribution is 2.37. The Hall–Kier alpha value is -4.66. The average molecular weight is 627 g/mol. The Morgan fingerprint density at radius 3 is 1.60 bits per heavy atom. The van der Waals surface area contributed by atoms with Crippen LogP contribution in [0.2, 0.25) is 0 Å².